The Hall–Kier alpha value is -1.59. The minimum atomic E-state index is 0.282. The van der Waals surface area contributed by atoms with Crippen molar-refractivity contribution in [1.29, 1.82) is 0 Å². The predicted molar refractivity (Wildman–Crippen MR) is 80.6 cm³/mol. The Balaban J connectivity index is 3.08. The molecule has 19 heavy (non-hydrogen) atoms. The maximum atomic E-state index is 5.81. The van der Waals surface area contributed by atoms with Crippen LogP contribution in [0.3, 0.4) is 0 Å². The molecule has 1 rings (SSSR count). The van der Waals surface area contributed by atoms with Crippen LogP contribution in [0.4, 0.5) is 17.8 Å². The van der Waals surface area contributed by atoms with Gasteiger partial charge in [0.05, 0.1) is 0 Å². The van der Waals surface area contributed by atoms with Gasteiger partial charge in [0.2, 0.25) is 17.8 Å². The van der Waals surface area contributed by atoms with Gasteiger partial charge in [-0.15, -0.1) is 0 Å². The summed E-state index contributed by atoms with van der Waals surface area (Å²) in [5, 5.41) is 0. The van der Waals surface area contributed by atoms with Gasteiger partial charge < -0.3 is 15.5 Å². The number of hydrogen-bond donors (Lipinski definition) is 1. The van der Waals surface area contributed by atoms with Crippen LogP contribution in [-0.4, -0.2) is 41.1 Å². The summed E-state index contributed by atoms with van der Waals surface area (Å²) in [4.78, 5) is 17.2. The highest BCUT2D eigenvalue weighted by atomic mass is 15.3. The second-order valence-corrected chi connectivity index (χ2v) is 4.55. The van der Waals surface area contributed by atoms with E-state index in [9.17, 15) is 0 Å². The third-order valence-corrected chi connectivity index (χ3v) is 3.48. The molecule has 108 valence electrons. The summed E-state index contributed by atoms with van der Waals surface area (Å²) in [7, 11) is 2.01. The Morgan fingerprint density at radius 3 is 1.95 bits per heavy atom. The van der Waals surface area contributed by atoms with Crippen molar-refractivity contribution in [2.75, 3.05) is 35.7 Å². The molecule has 0 aliphatic rings. The van der Waals surface area contributed by atoms with Crippen LogP contribution in [0.5, 0.6) is 0 Å². The van der Waals surface area contributed by atoms with Crippen molar-refractivity contribution < 1.29 is 0 Å². The van der Waals surface area contributed by atoms with Crippen molar-refractivity contribution >= 4 is 17.8 Å². The monoisotopic (exact) mass is 266 g/mol. The molecule has 0 aliphatic heterocycles. The van der Waals surface area contributed by atoms with E-state index in [2.05, 4.69) is 52.4 Å². The summed E-state index contributed by atoms with van der Waals surface area (Å²) in [6.07, 6.45) is 2.11. The van der Waals surface area contributed by atoms with Gasteiger partial charge in [-0.2, -0.15) is 15.0 Å². The van der Waals surface area contributed by atoms with E-state index in [0.29, 0.717) is 17.9 Å². The summed E-state index contributed by atoms with van der Waals surface area (Å²) in [5.74, 6) is 1.60. The molecule has 0 saturated carbocycles. The second-order valence-electron chi connectivity index (χ2n) is 4.55. The molecule has 6 nitrogen and oxygen atoms in total. The van der Waals surface area contributed by atoms with E-state index >= 15 is 0 Å². The topological polar surface area (TPSA) is 71.2 Å². The molecule has 1 heterocycles. The summed E-state index contributed by atoms with van der Waals surface area (Å²) >= 11 is 0. The van der Waals surface area contributed by atoms with Gasteiger partial charge in [0.1, 0.15) is 0 Å². The molecule has 1 aromatic heterocycles. The zero-order chi connectivity index (χ0) is 14.4. The first kappa shape index (κ1) is 15.5. The lowest BCUT2D eigenvalue weighted by Gasteiger charge is -2.27. The first-order valence-electron chi connectivity index (χ1n) is 7.06. The number of rotatable bonds is 7. The Morgan fingerprint density at radius 2 is 1.47 bits per heavy atom. The third-order valence-electron chi connectivity index (χ3n) is 3.48. The number of anilines is 3. The molecule has 0 atom stereocenters. The highest BCUT2D eigenvalue weighted by Gasteiger charge is 2.17. The van der Waals surface area contributed by atoms with E-state index in [-0.39, 0.29) is 5.95 Å². The van der Waals surface area contributed by atoms with Gasteiger partial charge in [-0.05, 0) is 26.7 Å². The largest absolute Gasteiger partial charge is 0.368 e. The van der Waals surface area contributed by atoms with Crippen molar-refractivity contribution in [3.63, 3.8) is 0 Å². The molecule has 0 bridgehead atoms. The molecular weight excluding hydrogens is 240 g/mol. The van der Waals surface area contributed by atoms with Crippen LogP contribution in [0.25, 0.3) is 0 Å². The Morgan fingerprint density at radius 1 is 0.947 bits per heavy atom. The zero-order valence-electron chi connectivity index (χ0n) is 12.7. The number of nitrogens with two attached hydrogens (primary N) is 1. The zero-order valence-corrected chi connectivity index (χ0v) is 12.7. The van der Waals surface area contributed by atoms with E-state index in [0.717, 1.165) is 25.9 Å². The van der Waals surface area contributed by atoms with Crippen LogP contribution in [0.2, 0.25) is 0 Å². The second kappa shape index (κ2) is 7.11. The van der Waals surface area contributed by atoms with E-state index in [1.807, 2.05) is 7.05 Å². The minimum absolute atomic E-state index is 0.282. The first-order chi connectivity index (χ1) is 9.07. The summed E-state index contributed by atoms with van der Waals surface area (Å²) < 4.78 is 0. The van der Waals surface area contributed by atoms with Crippen molar-refractivity contribution in [2.45, 2.75) is 46.6 Å². The van der Waals surface area contributed by atoms with Gasteiger partial charge in [0.15, 0.2) is 0 Å². The third kappa shape index (κ3) is 3.68. The van der Waals surface area contributed by atoms with Crippen molar-refractivity contribution in [1.82, 2.24) is 15.0 Å². The maximum absolute atomic E-state index is 5.81. The number of aromatic nitrogens is 3. The molecule has 0 aliphatic carbocycles. The number of nitrogens with zero attached hydrogens (tertiary/aromatic N) is 5. The fourth-order valence-electron chi connectivity index (χ4n) is 2.17. The summed E-state index contributed by atoms with van der Waals surface area (Å²) in [6, 6.07) is 0.423. The lowest BCUT2D eigenvalue weighted by atomic mass is 10.1. The van der Waals surface area contributed by atoms with Gasteiger partial charge in [-0.25, -0.2) is 0 Å². The lowest BCUT2D eigenvalue weighted by molar-refractivity contribution is 0.580. The van der Waals surface area contributed by atoms with E-state index in [4.69, 9.17) is 5.73 Å². The Labute approximate surface area is 116 Å². The fourth-order valence-corrected chi connectivity index (χ4v) is 2.17. The van der Waals surface area contributed by atoms with Crippen LogP contribution in [0.15, 0.2) is 0 Å². The Kier molecular flexibility index (Phi) is 5.79. The predicted octanol–water partition coefficient (Wildman–Crippen LogP) is 1.92. The lowest BCUT2D eigenvalue weighted by Crippen LogP contribution is -2.33. The summed E-state index contributed by atoms with van der Waals surface area (Å²) in [5.41, 5.74) is 5.81. The van der Waals surface area contributed by atoms with Gasteiger partial charge in [0, 0.05) is 26.2 Å². The van der Waals surface area contributed by atoms with Crippen LogP contribution in [0.1, 0.15) is 40.5 Å². The Bertz CT molecular complexity index is 387. The van der Waals surface area contributed by atoms with Gasteiger partial charge in [-0.1, -0.05) is 13.8 Å². The molecule has 0 amide bonds. The average Bonchev–Trinajstić information content (AvgIpc) is 2.40. The van der Waals surface area contributed by atoms with Crippen LogP contribution < -0.4 is 15.5 Å². The van der Waals surface area contributed by atoms with Gasteiger partial charge in [-0.3, -0.25) is 0 Å². The minimum Gasteiger partial charge on any atom is -0.368 e. The van der Waals surface area contributed by atoms with Crippen LogP contribution >= 0.6 is 0 Å². The normalized spacial score (nSPS) is 10.8. The summed E-state index contributed by atoms with van der Waals surface area (Å²) in [6.45, 7) is 10.2. The molecule has 0 radical (unpaired) electrons. The molecule has 0 fully saturated rings. The molecule has 0 saturated heterocycles. The molecule has 0 spiro atoms. The van der Waals surface area contributed by atoms with E-state index < -0.39 is 0 Å². The SMILES string of the molecule is CCC(CC)N(C)c1nc(N)nc(N(CC)CC)n1. The van der Waals surface area contributed by atoms with E-state index in [1.165, 1.54) is 0 Å². The number of nitrogen functional groups attached to an aromatic ring is 1. The molecule has 1 aromatic rings. The van der Waals surface area contributed by atoms with Crippen LogP contribution in [0, 0.1) is 0 Å². The highest BCUT2D eigenvalue weighted by Crippen LogP contribution is 2.18. The fraction of sp³-hybridized carbons (Fsp3) is 0.769. The quantitative estimate of drug-likeness (QED) is 0.813. The first-order valence-corrected chi connectivity index (χ1v) is 7.06. The average molecular weight is 266 g/mol. The van der Waals surface area contributed by atoms with Crippen molar-refractivity contribution in [2.24, 2.45) is 0 Å². The highest BCUT2D eigenvalue weighted by molar-refractivity contribution is 5.43. The maximum Gasteiger partial charge on any atom is 0.231 e. The van der Waals surface area contributed by atoms with E-state index in [1.54, 1.807) is 0 Å². The molecule has 0 unspecified atom stereocenters. The van der Waals surface area contributed by atoms with Gasteiger partial charge in [0.25, 0.3) is 0 Å². The molecule has 0 aromatic carbocycles. The molecular formula is C13H26N6. The molecule has 6 heteroatoms. The standard InChI is InChI=1S/C13H26N6/c1-6-10(7-2)18(5)12-15-11(14)16-13(17-12)19(8-3)9-4/h10H,6-9H2,1-5H3,(H2,14,15,16,17). The van der Waals surface area contributed by atoms with Crippen LogP contribution in [-0.2, 0) is 0 Å². The smallest absolute Gasteiger partial charge is 0.231 e. The van der Waals surface area contributed by atoms with Crippen molar-refractivity contribution in [3.05, 3.63) is 0 Å². The number of hydrogen-bond acceptors (Lipinski definition) is 6. The molecule has 2 N–H and O–H groups in total. The van der Waals surface area contributed by atoms with Crippen molar-refractivity contribution in [3.8, 4) is 0 Å². The van der Waals surface area contributed by atoms with Gasteiger partial charge >= 0.3 is 0 Å².